The molecule has 4 aromatic rings. The molecule has 3 aromatic heterocycles. The van der Waals surface area contributed by atoms with Crippen LogP contribution in [0, 0.1) is 5.41 Å². The van der Waals surface area contributed by atoms with Gasteiger partial charge in [-0.3, -0.25) is 24.4 Å². The van der Waals surface area contributed by atoms with Gasteiger partial charge in [0.1, 0.15) is 28.9 Å². The average molecular weight is 567 g/mol. The molecule has 2 N–H and O–H groups in total. The number of para-hydroxylation sites is 1. The quantitative estimate of drug-likeness (QED) is 0.365. The van der Waals surface area contributed by atoms with Crippen LogP contribution in [0.3, 0.4) is 0 Å². The number of carbonyl (C=O) groups is 3. The monoisotopic (exact) mass is 566 g/mol. The third kappa shape index (κ3) is 4.97. The number of nitrogens with one attached hydrogen (secondary N) is 2. The number of carbonyl (C=O) groups excluding carboxylic acids is 3. The number of ether oxygens (including phenoxy) is 1. The first-order chi connectivity index (χ1) is 20.1. The zero-order chi connectivity index (χ0) is 29.6. The zero-order valence-corrected chi connectivity index (χ0v) is 24.1. The minimum atomic E-state index is -0.724. The van der Waals surface area contributed by atoms with E-state index >= 15 is 0 Å². The van der Waals surface area contributed by atoms with Crippen molar-refractivity contribution in [2.24, 2.45) is 5.41 Å². The molecule has 0 spiro atoms. The second kappa shape index (κ2) is 10.6. The number of methoxy groups -OCH3 is 1. The van der Waals surface area contributed by atoms with Gasteiger partial charge in [-0.1, -0.05) is 39.0 Å². The van der Waals surface area contributed by atoms with Gasteiger partial charge in [0, 0.05) is 41.9 Å². The summed E-state index contributed by atoms with van der Waals surface area (Å²) in [6, 6.07) is 15.7. The largest absolute Gasteiger partial charge is 0.494 e. The van der Waals surface area contributed by atoms with E-state index in [0.717, 1.165) is 16.5 Å². The summed E-state index contributed by atoms with van der Waals surface area (Å²) in [7, 11) is 1.59. The highest BCUT2D eigenvalue weighted by atomic mass is 16.5. The smallest absolute Gasteiger partial charge is 0.272 e. The van der Waals surface area contributed by atoms with Crippen molar-refractivity contribution in [3.8, 4) is 17.0 Å². The van der Waals surface area contributed by atoms with Gasteiger partial charge in [0.25, 0.3) is 11.8 Å². The fraction of sp³-hybridized carbons (Fsp3) is 0.344. The topological polar surface area (TPSA) is 121 Å². The van der Waals surface area contributed by atoms with Crippen LogP contribution in [0.1, 0.15) is 48.2 Å². The van der Waals surface area contributed by atoms with Gasteiger partial charge in [-0.25, -0.2) is 0 Å². The molecule has 3 atom stereocenters. The fourth-order valence-electron chi connectivity index (χ4n) is 5.98. The highest BCUT2D eigenvalue weighted by molar-refractivity contribution is 6.00. The highest BCUT2D eigenvalue weighted by Gasteiger charge is 2.50. The summed E-state index contributed by atoms with van der Waals surface area (Å²) < 4.78 is 5.39. The Balaban J connectivity index is 1.13. The number of hydrogen-bond acceptors (Lipinski definition) is 6. The summed E-state index contributed by atoms with van der Waals surface area (Å²) in [4.78, 5) is 56.1. The predicted octanol–water partition coefficient (Wildman–Crippen LogP) is 3.90. The van der Waals surface area contributed by atoms with E-state index in [1.807, 2.05) is 67.0 Å². The van der Waals surface area contributed by atoms with Gasteiger partial charge in [0.05, 0.1) is 19.2 Å². The standard InChI is InChI=1S/C32H34N6O4/c1-32(2,3)28(36-29(39)25-14-19-8-5-6-9-23(19)35-25)31(41)38-18-21-15-22(38)17-37(21)30(40)24-12-11-20(16-34-24)27-26(42-4)10-7-13-33-27/h5-14,16,21-22,28,35H,15,17-18H2,1-4H3,(H,36,39)/t21-,22-,28+/m0/s1. The first-order valence-electron chi connectivity index (χ1n) is 14.1. The summed E-state index contributed by atoms with van der Waals surface area (Å²) in [5, 5.41) is 3.92. The van der Waals surface area contributed by atoms with Crippen LogP contribution in [-0.2, 0) is 4.79 Å². The van der Waals surface area contributed by atoms with E-state index in [2.05, 4.69) is 20.3 Å². The second-order valence-electron chi connectivity index (χ2n) is 12.0. The summed E-state index contributed by atoms with van der Waals surface area (Å²) in [5.41, 5.74) is 2.52. The van der Waals surface area contributed by atoms with Crippen LogP contribution >= 0.6 is 0 Å². The lowest BCUT2D eigenvalue weighted by atomic mass is 9.85. The number of H-pyrrole nitrogens is 1. The van der Waals surface area contributed by atoms with Crippen molar-refractivity contribution in [3.05, 3.63) is 78.4 Å². The molecule has 0 radical (unpaired) electrons. The third-order valence-electron chi connectivity index (χ3n) is 8.19. The number of fused-ring (bicyclic) bond motifs is 3. The summed E-state index contributed by atoms with van der Waals surface area (Å²) in [5.74, 6) is 0.0245. The maximum atomic E-state index is 13.9. The van der Waals surface area contributed by atoms with Gasteiger partial charge in [-0.2, -0.15) is 0 Å². The van der Waals surface area contributed by atoms with Crippen LogP contribution < -0.4 is 10.1 Å². The SMILES string of the molecule is COc1cccnc1-c1ccc(C(=O)N2C[C@@H]3C[C@H]2CN3C(=O)[C@@H](NC(=O)c2cc3ccccc3[nH]2)C(C)(C)C)nc1. The van der Waals surface area contributed by atoms with Crippen LogP contribution in [0.5, 0.6) is 5.75 Å². The first-order valence-corrected chi connectivity index (χ1v) is 14.1. The molecule has 2 saturated heterocycles. The molecule has 0 saturated carbocycles. The first kappa shape index (κ1) is 27.4. The number of pyridine rings is 2. The van der Waals surface area contributed by atoms with Crippen molar-refractivity contribution in [3.63, 3.8) is 0 Å². The predicted molar refractivity (Wildman–Crippen MR) is 158 cm³/mol. The van der Waals surface area contributed by atoms with E-state index in [1.165, 1.54) is 0 Å². The number of nitrogens with zero attached hydrogens (tertiary/aromatic N) is 4. The Hall–Kier alpha value is -4.73. The van der Waals surface area contributed by atoms with Crippen LogP contribution in [-0.4, -0.2) is 80.8 Å². The number of hydrogen-bond donors (Lipinski definition) is 2. The zero-order valence-electron chi connectivity index (χ0n) is 24.1. The van der Waals surface area contributed by atoms with Gasteiger partial charge in [0.15, 0.2) is 0 Å². The molecule has 42 heavy (non-hydrogen) atoms. The second-order valence-corrected chi connectivity index (χ2v) is 12.0. The minimum Gasteiger partial charge on any atom is -0.494 e. The molecule has 10 nitrogen and oxygen atoms in total. The maximum Gasteiger partial charge on any atom is 0.272 e. The lowest BCUT2D eigenvalue weighted by molar-refractivity contribution is -0.138. The Morgan fingerprint density at radius 3 is 2.43 bits per heavy atom. The van der Waals surface area contributed by atoms with E-state index in [4.69, 9.17) is 4.74 Å². The Bertz CT molecular complexity index is 1620. The van der Waals surface area contributed by atoms with E-state index in [1.54, 1.807) is 37.7 Å². The molecule has 2 bridgehead atoms. The molecular weight excluding hydrogens is 532 g/mol. The number of piperazine rings is 1. The molecular formula is C32H34N6O4. The molecule has 5 heterocycles. The Morgan fingerprint density at radius 2 is 1.76 bits per heavy atom. The fourth-order valence-corrected chi connectivity index (χ4v) is 5.98. The van der Waals surface area contributed by atoms with Crippen LogP contribution in [0.25, 0.3) is 22.2 Å². The summed E-state index contributed by atoms with van der Waals surface area (Å²) in [6.07, 6.45) is 4.02. The number of aromatic nitrogens is 3. The van der Waals surface area contributed by atoms with Crippen molar-refractivity contribution in [1.82, 2.24) is 30.1 Å². The lowest BCUT2D eigenvalue weighted by Gasteiger charge is -2.39. The number of aromatic amines is 1. The maximum absolute atomic E-state index is 13.9. The Labute approximate surface area is 244 Å². The molecule has 2 fully saturated rings. The van der Waals surface area contributed by atoms with Crippen molar-refractivity contribution in [2.75, 3.05) is 20.2 Å². The number of rotatable bonds is 6. The third-order valence-corrected chi connectivity index (χ3v) is 8.19. The van der Waals surface area contributed by atoms with Crippen molar-refractivity contribution in [2.45, 2.75) is 45.3 Å². The highest BCUT2D eigenvalue weighted by Crippen LogP contribution is 2.34. The molecule has 6 rings (SSSR count). The molecule has 216 valence electrons. The molecule has 1 aromatic carbocycles. The molecule has 2 aliphatic rings. The molecule has 0 aliphatic carbocycles. The van der Waals surface area contributed by atoms with E-state index in [-0.39, 0.29) is 29.8 Å². The van der Waals surface area contributed by atoms with Gasteiger partial charge >= 0.3 is 0 Å². The summed E-state index contributed by atoms with van der Waals surface area (Å²) >= 11 is 0. The number of amides is 3. The average Bonchev–Trinajstić information content (AvgIpc) is 3.73. The van der Waals surface area contributed by atoms with Gasteiger partial charge < -0.3 is 24.8 Å². The van der Waals surface area contributed by atoms with Crippen molar-refractivity contribution < 1.29 is 19.1 Å². The lowest BCUT2D eigenvalue weighted by Crippen LogP contribution is -2.59. The van der Waals surface area contributed by atoms with Crippen LogP contribution in [0.15, 0.2) is 67.0 Å². The van der Waals surface area contributed by atoms with Crippen LogP contribution in [0.2, 0.25) is 0 Å². The number of likely N-dealkylation sites (tertiary alicyclic amines) is 2. The minimum absolute atomic E-state index is 0.103. The van der Waals surface area contributed by atoms with Gasteiger partial charge in [-0.05, 0) is 48.2 Å². The summed E-state index contributed by atoms with van der Waals surface area (Å²) in [6.45, 7) is 6.69. The normalized spacial score (nSPS) is 18.8. The number of benzene rings is 1. The van der Waals surface area contributed by atoms with E-state index < -0.39 is 11.5 Å². The molecule has 2 aliphatic heterocycles. The van der Waals surface area contributed by atoms with E-state index in [0.29, 0.717) is 42.3 Å². The molecule has 3 amide bonds. The van der Waals surface area contributed by atoms with Crippen molar-refractivity contribution >= 4 is 28.6 Å². The van der Waals surface area contributed by atoms with Gasteiger partial charge in [-0.15, -0.1) is 0 Å². The van der Waals surface area contributed by atoms with E-state index in [9.17, 15) is 14.4 Å². The molecule has 10 heteroatoms. The molecule has 0 unspecified atom stereocenters. The van der Waals surface area contributed by atoms with Gasteiger partial charge in [0.2, 0.25) is 5.91 Å². The Kier molecular flexibility index (Phi) is 6.92. The van der Waals surface area contributed by atoms with Crippen molar-refractivity contribution in [1.29, 1.82) is 0 Å². The Morgan fingerprint density at radius 1 is 1.00 bits per heavy atom. The van der Waals surface area contributed by atoms with Crippen LogP contribution in [0.4, 0.5) is 0 Å².